The van der Waals surface area contributed by atoms with Crippen LogP contribution in [0.15, 0.2) is 23.3 Å². The van der Waals surface area contributed by atoms with Crippen LogP contribution in [0.1, 0.15) is 13.8 Å². The lowest BCUT2D eigenvalue weighted by molar-refractivity contribution is 0.310. The normalized spacial score (nSPS) is 11.1. The molecule has 5 nitrogen and oxygen atoms in total. The molecule has 1 heterocycles. The molecule has 108 valence electrons. The highest BCUT2D eigenvalue weighted by atomic mass is 127. The average molecular weight is 399 g/mol. The zero-order chi connectivity index (χ0) is 13.4. The Balaban J connectivity index is 0.00000324. The first-order valence-corrected chi connectivity index (χ1v) is 6.24. The zero-order valence-corrected chi connectivity index (χ0v) is 14.2. The van der Waals surface area contributed by atoms with E-state index in [0.29, 0.717) is 35.9 Å². The fourth-order valence-electron chi connectivity index (χ4n) is 1.12. The molecule has 0 bridgehead atoms. The Hall–Kier alpha value is -0.760. The van der Waals surface area contributed by atoms with Crippen LogP contribution in [0.2, 0.25) is 5.02 Å². The monoisotopic (exact) mass is 398 g/mol. The topological polar surface area (TPSA) is 72.5 Å². The number of ether oxygens (including phenoxy) is 1. The largest absolute Gasteiger partial charge is 0.476 e. The van der Waals surface area contributed by atoms with Crippen molar-refractivity contribution in [3.8, 4) is 5.88 Å². The van der Waals surface area contributed by atoms with E-state index in [-0.39, 0.29) is 24.0 Å². The van der Waals surface area contributed by atoms with E-state index in [1.807, 2.05) is 0 Å². The van der Waals surface area contributed by atoms with E-state index >= 15 is 0 Å². The summed E-state index contributed by atoms with van der Waals surface area (Å²) in [5.74, 6) is 1.48. The van der Waals surface area contributed by atoms with E-state index in [1.54, 1.807) is 18.3 Å². The maximum absolute atomic E-state index is 5.71. The molecular formula is C12H20ClIN4O. The van der Waals surface area contributed by atoms with Crippen molar-refractivity contribution in [1.82, 2.24) is 10.3 Å². The molecule has 7 heteroatoms. The molecule has 0 aromatic carbocycles. The smallest absolute Gasteiger partial charge is 0.213 e. The first kappa shape index (κ1) is 18.2. The Bertz CT molecular complexity index is 384. The predicted molar refractivity (Wildman–Crippen MR) is 89.5 cm³/mol. The summed E-state index contributed by atoms with van der Waals surface area (Å²) in [4.78, 5) is 8.19. The van der Waals surface area contributed by atoms with Gasteiger partial charge in [0.15, 0.2) is 5.96 Å². The molecular weight excluding hydrogens is 379 g/mol. The van der Waals surface area contributed by atoms with E-state index in [4.69, 9.17) is 22.1 Å². The van der Waals surface area contributed by atoms with Gasteiger partial charge in [0.05, 0.1) is 11.6 Å². The summed E-state index contributed by atoms with van der Waals surface area (Å²) in [5, 5.41) is 3.56. The molecule has 19 heavy (non-hydrogen) atoms. The van der Waals surface area contributed by atoms with Crippen molar-refractivity contribution in [2.75, 3.05) is 19.7 Å². The minimum Gasteiger partial charge on any atom is -0.476 e. The Morgan fingerprint density at radius 1 is 1.53 bits per heavy atom. The molecule has 1 rings (SSSR count). The summed E-state index contributed by atoms with van der Waals surface area (Å²) in [6, 6.07) is 3.45. The number of pyridine rings is 1. The van der Waals surface area contributed by atoms with Crippen LogP contribution in [0.4, 0.5) is 0 Å². The molecule has 0 radical (unpaired) electrons. The summed E-state index contributed by atoms with van der Waals surface area (Å²) in [5.41, 5.74) is 5.67. The number of aliphatic imine (C=N–C) groups is 1. The molecule has 1 aromatic rings. The van der Waals surface area contributed by atoms with E-state index < -0.39 is 0 Å². The van der Waals surface area contributed by atoms with Crippen LogP contribution in [-0.2, 0) is 0 Å². The van der Waals surface area contributed by atoms with Gasteiger partial charge in [0.25, 0.3) is 0 Å². The van der Waals surface area contributed by atoms with Gasteiger partial charge >= 0.3 is 0 Å². The van der Waals surface area contributed by atoms with Crippen molar-refractivity contribution in [1.29, 1.82) is 0 Å². The van der Waals surface area contributed by atoms with Crippen LogP contribution in [0.3, 0.4) is 0 Å². The van der Waals surface area contributed by atoms with Gasteiger partial charge in [-0.2, -0.15) is 0 Å². The van der Waals surface area contributed by atoms with Crippen LogP contribution in [0.25, 0.3) is 0 Å². The third kappa shape index (κ3) is 8.88. The van der Waals surface area contributed by atoms with Gasteiger partial charge in [-0.1, -0.05) is 25.4 Å². The van der Waals surface area contributed by atoms with E-state index in [1.165, 1.54) is 0 Å². The van der Waals surface area contributed by atoms with Crippen LogP contribution < -0.4 is 15.8 Å². The van der Waals surface area contributed by atoms with Gasteiger partial charge in [-0.25, -0.2) is 4.98 Å². The molecule has 0 amide bonds. The van der Waals surface area contributed by atoms with Gasteiger partial charge in [0.2, 0.25) is 5.88 Å². The van der Waals surface area contributed by atoms with E-state index in [0.717, 1.165) is 6.54 Å². The number of nitrogens with zero attached hydrogens (tertiary/aromatic N) is 2. The lowest BCUT2D eigenvalue weighted by Gasteiger charge is -2.08. The predicted octanol–water partition coefficient (Wildman–Crippen LogP) is 2.29. The van der Waals surface area contributed by atoms with Crippen molar-refractivity contribution < 1.29 is 4.74 Å². The third-order valence-electron chi connectivity index (χ3n) is 1.99. The maximum atomic E-state index is 5.71. The number of nitrogens with two attached hydrogens (primary N) is 1. The molecule has 3 N–H and O–H groups in total. The van der Waals surface area contributed by atoms with Crippen molar-refractivity contribution in [2.24, 2.45) is 16.6 Å². The summed E-state index contributed by atoms with van der Waals surface area (Å²) in [7, 11) is 0. The lowest BCUT2D eigenvalue weighted by Crippen LogP contribution is -2.35. The van der Waals surface area contributed by atoms with Crippen LogP contribution in [0.5, 0.6) is 5.88 Å². The second-order valence-corrected chi connectivity index (χ2v) is 4.65. The highest BCUT2D eigenvalue weighted by Gasteiger charge is 1.96. The number of nitrogens with one attached hydrogen (secondary N) is 1. The van der Waals surface area contributed by atoms with E-state index in [9.17, 15) is 0 Å². The number of hydrogen-bond donors (Lipinski definition) is 2. The number of halogens is 2. The van der Waals surface area contributed by atoms with Crippen molar-refractivity contribution in [2.45, 2.75) is 13.8 Å². The number of aromatic nitrogens is 1. The van der Waals surface area contributed by atoms with E-state index in [2.05, 4.69) is 29.1 Å². The Labute approximate surface area is 136 Å². The van der Waals surface area contributed by atoms with Crippen LogP contribution >= 0.6 is 35.6 Å². The fraction of sp³-hybridized carbons (Fsp3) is 0.500. The van der Waals surface area contributed by atoms with Crippen LogP contribution in [0, 0.1) is 5.92 Å². The molecule has 0 aliphatic heterocycles. The zero-order valence-electron chi connectivity index (χ0n) is 11.1. The first-order valence-electron chi connectivity index (χ1n) is 5.86. The molecule has 0 aliphatic carbocycles. The molecule has 0 saturated carbocycles. The quantitative estimate of drug-likeness (QED) is 0.334. The Kier molecular flexibility index (Phi) is 9.68. The minimum absolute atomic E-state index is 0. The molecule has 0 aliphatic rings. The second kappa shape index (κ2) is 10.1. The molecule has 0 atom stereocenters. The third-order valence-corrected chi connectivity index (χ3v) is 2.21. The Morgan fingerprint density at radius 2 is 2.26 bits per heavy atom. The van der Waals surface area contributed by atoms with Crippen molar-refractivity contribution in [3.05, 3.63) is 23.4 Å². The highest BCUT2D eigenvalue weighted by molar-refractivity contribution is 14.0. The van der Waals surface area contributed by atoms with Gasteiger partial charge in [0.1, 0.15) is 6.61 Å². The molecule has 0 unspecified atom stereocenters. The lowest BCUT2D eigenvalue weighted by atomic mass is 10.2. The summed E-state index contributed by atoms with van der Waals surface area (Å²) < 4.78 is 5.39. The average Bonchev–Trinajstić information content (AvgIpc) is 2.34. The summed E-state index contributed by atoms with van der Waals surface area (Å²) >= 11 is 5.71. The summed E-state index contributed by atoms with van der Waals surface area (Å²) in [6.45, 7) is 5.95. The van der Waals surface area contributed by atoms with Gasteiger partial charge in [-0.05, 0) is 12.0 Å². The number of rotatable bonds is 6. The fourth-order valence-corrected chi connectivity index (χ4v) is 1.23. The minimum atomic E-state index is 0. The van der Waals surface area contributed by atoms with Gasteiger partial charge in [-0.3, -0.25) is 4.99 Å². The van der Waals surface area contributed by atoms with Crippen molar-refractivity contribution >= 4 is 41.5 Å². The highest BCUT2D eigenvalue weighted by Crippen LogP contribution is 2.10. The standard InChI is InChI=1S/C12H19ClN4O.HI/c1-9(2)7-17-12(14)15-5-6-18-11-4-3-10(13)8-16-11;/h3-4,8-9H,5-7H2,1-2H3,(H3,14,15,17);1H. The second-order valence-electron chi connectivity index (χ2n) is 4.21. The molecule has 0 fully saturated rings. The molecule has 0 saturated heterocycles. The van der Waals surface area contributed by atoms with Gasteiger partial charge in [0, 0.05) is 18.8 Å². The van der Waals surface area contributed by atoms with Crippen molar-refractivity contribution in [3.63, 3.8) is 0 Å². The first-order chi connectivity index (χ1) is 8.58. The number of guanidine groups is 1. The van der Waals surface area contributed by atoms with Gasteiger partial charge in [-0.15, -0.1) is 24.0 Å². The molecule has 1 aromatic heterocycles. The summed E-state index contributed by atoms with van der Waals surface area (Å²) in [6.07, 6.45) is 1.54. The SMILES string of the molecule is CC(C)CN=C(N)NCCOc1ccc(Cl)cn1.I. The Morgan fingerprint density at radius 3 is 2.84 bits per heavy atom. The van der Waals surface area contributed by atoms with Gasteiger partial charge < -0.3 is 15.8 Å². The number of hydrogen-bond acceptors (Lipinski definition) is 3. The molecule has 0 spiro atoms. The maximum Gasteiger partial charge on any atom is 0.213 e. The van der Waals surface area contributed by atoms with Crippen LogP contribution in [-0.4, -0.2) is 30.6 Å².